The van der Waals surface area contributed by atoms with Gasteiger partial charge in [0, 0.05) is 18.9 Å². The largest absolute Gasteiger partial charge is 0.481 e. The van der Waals surface area contributed by atoms with Crippen LogP contribution < -0.4 is 0 Å². The van der Waals surface area contributed by atoms with Gasteiger partial charge in [-0.1, -0.05) is 6.92 Å². The van der Waals surface area contributed by atoms with Gasteiger partial charge in [-0.05, 0) is 20.3 Å². The van der Waals surface area contributed by atoms with Gasteiger partial charge in [-0.25, -0.2) is 0 Å². The maximum absolute atomic E-state index is 11.6. The number of likely N-dealkylation sites (N-methyl/N-ethyl adjacent to an activating group) is 1. The molecule has 1 aliphatic heterocycles. The van der Waals surface area contributed by atoms with Gasteiger partial charge in [-0.2, -0.15) is 0 Å². The zero-order valence-corrected chi connectivity index (χ0v) is 15.5. The molecule has 0 aliphatic carbocycles. The van der Waals surface area contributed by atoms with E-state index < -0.39 is 5.97 Å². The Morgan fingerprint density at radius 3 is 2.12 bits per heavy atom. The molecule has 24 heavy (non-hydrogen) atoms. The predicted octanol–water partition coefficient (Wildman–Crippen LogP) is 1.10. The molecule has 0 aromatic carbocycles. The fraction of sp³-hybridized carbons (Fsp3) is 0.765. The van der Waals surface area contributed by atoms with Crippen LogP contribution in [0.2, 0.25) is 0 Å². The quantitative estimate of drug-likeness (QED) is 0.526. The lowest BCUT2D eigenvalue weighted by Crippen LogP contribution is -2.47. The van der Waals surface area contributed by atoms with E-state index in [9.17, 15) is 19.2 Å². The fourth-order valence-corrected chi connectivity index (χ4v) is 2.53. The summed E-state index contributed by atoms with van der Waals surface area (Å²) in [6.07, 6.45) is 1.63. The third kappa shape index (κ3) is 8.76. The summed E-state index contributed by atoms with van der Waals surface area (Å²) < 4.78 is 0.904. The molecule has 7 nitrogen and oxygen atoms in total. The number of quaternary nitrogens is 1. The lowest BCUT2D eigenvalue weighted by atomic mass is 10.2. The van der Waals surface area contributed by atoms with Crippen molar-refractivity contribution in [3.05, 3.63) is 0 Å². The molecule has 0 saturated carbocycles. The molecule has 1 heterocycles. The molecule has 0 aromatic heterocycles. The Morgan fingerprint density at radius 2 is 1.79 bits per heavy atom. The number of ketones is 2. The standard InChI is InChI=1S/C12H23N2O2.C5H8O3/c1-5-7-14(3,4)8-6-13-10(2)9-11(15)12(13)16;1-4(6)2-3-5(7)8/h10H,5-9H2,1-4H3;2-3H2,1H3,(H,7,8)/q+1;. The SMILES string of the molecule is CC(=O)CCC(=O)O.CCC[N+](C)(C)CCN1C(=O)C(=O)CC1C. The second-order valence-corrected chi connectivity index (χ2v) is 6.95. The number of likely N-dealkylation sites (tertiary alicyclic amines) is 1. The molecule has 1 rings (SSSR count). The monoisotopic (exact) mass is 343 g/mol. The van der Waals surface area contributed by atoms with Crippen molar-refractivity contribution in [2.45, 2.75) is 52.5 Å². The number of nitrogens with zero attached hydrogens (tertiary/aromatic N) is 2. The molecule has 0 bridgehead atoms. The lowest BCUT2D eigenvalue weighted by Gasteiger charge is -2.32. The number of aliphatic carboxylic acids is 1. The minimum atomic E-state index is -0.916. The number of carbonyl (C=O) groups excluding carboxylic acids is 3. The summed E-state index contributed by atoms with van der Waals surface area (Å²) in [5.74, 6) is -1.51. The van der Waals surface area contributed by atoms with Crippen LogP contribution in [0.15, 0.2) is 0 Å². The molecule has 1 atom stereocenters. The molecule has 138 valence electrons. The van der Waals surface area contributed by atoms with E-state index >= 15 is 0 Å². The summed E-state index contributed by atoms with van der Waals surface area (Å²) in [5, 5.41) is 8.01. The maximum Gasteiger partial charge on any atom is 0.303 e. The van der Waals surface area contributed by atoms with Gasteiger partial charge in [0.1, 0.15) is 5.78 Å². The molecule has 1 N–H and O–H groups in total. The minimum Gasteiger partial charge on any atom is -0.481 e. The van der Waals surface area contributed by atoms with E-state index in [1.807, 2.05) is 6.92 Å². The van der Waals surface area contributed by atoms with Gasteiger partial charge >= 0.3 is 5.97 Å². The van der Waals surface area contributed by atoms with Crippen LogP contribution in [0.25, 0.3) is 0 Å². The zero-order chi connectivity index (χ0) is 18.9. The highest BCUT2D eigenvalue weighted by molar-refractivity contribution is 6.38. The Bertz CT molecular complexity index is 460. The van der Waals surface area contributed by atoms with Crippen LogP contribution in [0.3, 0.4) is 0 Å². The van der Waals surface area contributed by atoms with Gasteiger partial charge in [-0.15, -0.1) is 0 Å². The second-order valence-electron chi connectivity index (χ2n) is 6.95. The molecule has 0 aromatic rings. The molecule has 1 unspecified atom stereocenters. The average Bonchev–Trinajstić information content (AvgIpc) is 2.68. The van der Waals surface area contributed by atoms with Crippen LogP contribution in [0, 0.1) is 0 Å². The van der Waals surface area contributed by atoms with E-state index in [2.05, 4.69) is 21.0 Å². The number of hydrogen-bond acceptors (Lipinski definition) is 4. The van der Waals surface area contributed by atoms with Gasteiger partial charge in [0.15, 0.2) is 0 Å². The van der Waals surface area contributed by atoms with Crippen LogP contribution >= 0.6 is 0 Å². The first-order valence-corrected chi connectivity index (χ1v) is 8.37. The van der Waals surface area contributed by atoms with Gasteiger partial charge in [0.05, 0.1) is 40.2 Å². The minimum absolute atomic E-state index is 0.0463. The molecule has 1 fully saturated rings. The summed E-state index contributed by atoms with van der Waals surface area (Å²) >= 11 is 0. The van der Waals surface area contributed by atoms with Crippen molar-refractivity contribution >= 4 is 23.4 Å². The van der Waals surface area contributed by atoms with E-state index in [4.69, 9.17) is 5.11 Å². The van der Waals surface area contributed by atoms with Crippen LogP contribution in [0.4, 0.5) is 0 Å². The zero-order valence-electron chi connectivity index (χ0n) is 15.5. The summed E-state index contributed by atoms with van der Waals surface area (Å²) in [6.45, 7) is 8.19. The van der Waals surface area contributed by atoms with E-state index in [1.165, 1.54) is 6.92 Å². The van der Waals surface area contributed by atoms with Crippen LogP contribution in [-0.2, 0) is 19.2 Å². The molecule has 1 aliphatic rings. The normalized spacial score (nSPS) is 17.5. The fourth-order valence-electron chi connectivity index (χ4n) is 2.53. The highest BCUT2D eigenvalue weighted by Crippen LogP contribution is 2.15. The topological polar surface area (TPSA) is 91.8 Å². The van der Waals surface area contributed by atoms with Crippen LogP contribution in [0.5, 0.6) is 0 Å². The van der Waals surface area contributed by atoms with E-state index in [0.717, 1.165) is 24.0 Å². The molecule has 0 spiro atoms. The number of hydrogen-bond donors (Lipinski definition) is 1. The number of amides is 1. The van der Waals surface area contributed by atoms with Gasteiger partial charge < -0.3 is 19.3 Å². The highest BCUT2D eigenvalue weighted by Gasteiger charge is 2.36. The van der Waals surface area contributed by atoms with Crippen LogP contribution in [0.1, 0.15) is 46.5 Å². The van der Waals surface area contributed by atoms with Crippen molar-refractivity contribution in [1.29, 1.82) is 0 Å². The Labute approximate surface area is 144 Å². The van der Waals surface area contributed by atoms with Gasteiger partial charge in [0.2, 0.25) is 5.78 Å². The smallest absolute Gasteiger partial charge is 0.303 e. The first kappa shape index (κ1) is 22.2. The molecular weight excluding hydrogens is 312 g/mol. The van der Waals surface area contributed by atoms with Gasteiger partial charge in [-0.3, -0.25) is 14.4 Å². The Kier molecular flexibility index (Phi) is 9.43. The Hall–Kier alpha value is -1.76. The maximum atomic E-state index is 11.6. The average molecular weight is 343 g/mol. The molecular formula is C17H31N2O5+. The van der Waals surface area contributed by atoms with E-state index in [0.29, 0.717) is 13.0 Å². The Balaban J connectivity index is 0.000000561. The van der Waals surface area contributed by atoms with E-state index in [1.54, 1.807) is 4.90 Å². The van der Waals surface area contributed by atoms with Crippen molar-refractivity contribution in [2.75, 3.05) is 33.7 Å². The summed E-state index contributed by atoms with van der Waals surface area (Å²) in [5.41, 5.74) is 0. The highest BCUT2D eigenvalue weighted by atomic mass is 16.4. The van der Waals surface area contributed by atoms with Crippen molar-refractivity contribution in [2.24, 2.45) is 0 Å². The second kappa shape index (κ2) is 10.2. The van der Waals surface area contributed by atoms with Gasteiger partial charge in [0.25, 0.3) is 5.91 Å². The predicted molar refractivity (Wildman–Crippen MR) is 90.5 cm³/mol. The summed E-state index contributed by atoms with van der Waals surface area (Å²) in [7, 11) is 4.33. The number of Topliss-reactive ketones (excluding diaryl/α,β-unsaturated/α-hetero) is 2. The van der Waals surface area contributed by atoms with E-state index in [-0.39, 0.29) is 36.4 Å². The third-order valence-electron chi connectivity index (χ3n) is 3.98. The molecule has 1 saturated heterocycles. The molecule has 7 heteroatoms. The third-order valence-corrected chi connectivity index (χ3v) is 3.98. The molecule has 0 radical (unpaired) electrons. The number of carboxylic acid groups (broad SMARTS) is 1. The van der Waals surface area contributed by atoms with Crippen molar-refractivity contribution < 1.29 is 28.8 Å². The van der Waals surface area contributed by atoms with Crippen molar-refractivity contribution in [3.63, 3.8) is 0 Å². The van der Waals surface area contributed by atoms with Crippen molar-refractivity contribution in [3.8, 4) is 0 Å². The number of carbonyl (C=O) groups is 4. The lowest BCUT2D eigenvalue weighted by molar-refractivity contribution is -0.889. The number of carboxylic acids is 1. The summed E-state index contributed by atoms with van der Waals surface area (Å²) in [4.78, 5) is 44.4. The Morgan fingerprint density at radius 1 is 1.21 bits per heavy atom. The number of rotatable bonds is 8. The van der Waals surface area contributed by atoms with Crippen LogP contribution in [-0.4, -0.2) is 77.7 Å². The molecule has 1 amide bonds. The first-order valence-electron chi connectivity index (χ1n) is 8.37. The van der Waals surface area contributed by atoms with Crippen molar-refractivity contribution in [1.82, 2.24) is 4.90 Å². The first-order chi connectivity index (χ1) is 11.0. The summed E-state index contributed by atoms with van der Waals surface area (Å²) in [6, 6.07) is 0.0848.